The van der Waals surface area contributed by atoms with E-state index in [2.05, 4.69) is 51.3 Å². The molecule has 1 N–H and O–H groups in total. The van der Waals surface area contributed by atoms with Crippen LogP contribution in [-0.4, -0.2) is 42.0 Å². The Morgan fingerprint density at radius 2 is 1.86 bits per heavy atom. The van der Waals surface area contributed by atoms with Crippen molar-refractivity contribution >= 4 is 28.7 Å². The lowest BCUT2D eigenvalue weighted by atomic mass is 10.1. The summed E-state index contributed by atoms with van der Waals surface area (Å²) in [5.74, 6) is 0.873. The molecule has 3 aromatic rings. The van der Waals surface area contributed by atoms with Crippen LogP contribution >= 0.6 is 11.3 Å². The van der Waals surface area contributed by atoms with Gasteiger partial charge in [-0.15, -0.1) is 11.3 Å². The lowest BCUT2D eigenvalue weighted by Gasteiger charge is -2.35. The number of hydrogen-bond acceptors (Lipinski definition) is 5. The van der Waals surface area contributed by atoms with E-state index >= 15 is 0 Å². The zero-order valence-corrected chi connectivity index (χ0v) is 16.8. The predicted molar refractivity (Wildman–Crippen MR) is 115 cm³/mol. The molecule has 0 bridgehead atoms. The van der Waals surface area contributed by atoms with Gasteiger partial charge in [-0.05, 0) is 36.1 Å². The van der Waals surface area contributed by atoms with Gasteiger partial charge in [0.15, 0.2) is 0 Å². The van der Waals surface area contributed by atoms with E-state index in [-0.39, 0.29) is 5.91 Å². The summed E-state index contributed by atoms with van der Waals surface area (Å²) in [6.45, 7) is 7.07. The van der Waals surface area contributed by atoms with Gasteiger partial charge in [0.1, 0.15) is 5.82 Å². The number of thiophene rings is 1. The topological polar surface area (TPSA) is 48.5 Å². The van der Waals surface area contributed by atoms with Crippen molar-refractivity contribution in [3.8, 4) is 0 Å². The fraction of sp³-hybridized carbons (Fsp3) is 0.273. The third-order valence-corrected chi connectivity index (χ3v) is 5.84. The minimum Gasteiger partial charge on any atom is -0.354 e. The first-order valence-corrected chi connectivity index (χ1v) is 10.4. The Hall–Kier alpha value is -2.70. The highest BCUT2D eigenvalue weighted by molar-refractivity contribution is 7.12. The minimum absolute atomic E-state index is 0.0886. The van der Waals surface area contributed by atoms with Crippen molar-refractivity contribution in [1.82, 2.24) is 9.88 Å². The Bertz CT molecular complexity index is 899. The molecule has 144 valence electrons. The van der Waals surface area contributed by atoms with Gasteiger partial charge in [0.25, 0.3) is 5.91 Å². The van der Waals surface area contributed by atoms with Crippen LogP contribution in [0, 0.1) is 6.92 Å². The number of nitrogens with zero attached hydrogens (tertiary/aromatic N) is 3. The van der Waals surface area contributed by atoms with Crippen LogP contribution in [0.5, 0.6) is 0 Å². The van der Waals surface area contributed by atoms with Crippen molar-refractivity contribution in [3.63, 3.8) is 0 Å². The lowest BCUT2D eigenvalue weighted by Crippen LogP contribution is -2.46. The molecule has 0 radical (unpaired) electrons. The minimum atomic E-state index is -0.0886. The number of benzene rings is 1. The van der Waals surface area contributed by atoms with Crippen molar-refractivity contribution < 1.29 is 4.79 Å². The third-order valence-electron chi connectivity index (χ3n) is 4.97. The van der Waals surface area contributed by atoms with E-state index in [0.29, 0.717) is 4.88 Å². The highest BCUT2D eigenvalue weighted by atomic mass is 32.1. The fourth-order valence-electron chi connectivity index (χ4n) is 3.33. The summed E-state index contributed by atoms with van der Waals surface area (Å²) in [5.41, 5.74) is 3.39. The Balaban J connectivity index is 1.29. The van der Waals surface area contributed by atoms with Crippen LogP contribution in [0.2, 0.25) is 0 Å². The Morgan fingerprint density at radius 1 is 1.07 bits per heavy atom. The van der Waals surface area contributed by atoms with Crippen molar-refractivity contribution in [2.24, 2.45) is 0 Å². The number of amides is 1. The maximum atomic E-state index is 12.1. The van der Waals surface area contributed by atoms with Gasteiger partial charge in [0, 0.05) is 32.7 Å². The van der Waals surface area contributed by atoms with E-state index < -0.39 is 0 Å². The van der Waals surface area contributed by atoms with Crippen LogP contribution in [-0.2, 0) is 6.54 Å². The fourth-order valence-corrected chi connectivity index (χ4v) is 3.95. The van der Waals surface area contributed by atoms with E-state index in [1.165, 1.54) is 22.5 Å². The van der Waals surface area contributed by atoms with Crippen molar-refractivity contribution in [3.05, 3.63) is 76.1 Å². The molecule has 2 aromatic heterocycles. The Labute approximate surface area is 169 Å². The molecular formula is C22H24N4OS. The number of nitrogens with one attached hydrogen (secondary N) is 1. The normalized spacial score (nSPS) is 14.8. The number of rotatable bonds is 5. The average molecular weight is 393 g/mol. The Kier molecular flexibility index (Phi) is 5.69. The molecule has 28 heavy (non-hydrogen) atoms. The number of aryl methyl sites for hydroxylation is 1. The van der Waals surface area contributed by atoms with Gasteiger partial charge >= 0.3 is 0 Å². The van der Waals surface area contributed by atoms with Crippen LogP contribution in [0.1, 0.15) is 20.8 Å². The van der Waals surface area contributed by atoms with Crippen molar-refractivity contribution in [2.75, 3.05) is 36.4 Å². The highest BCUT2D eigenvalue weighted by Gasteiger charge is 2.18. The van der Waals surface area contributed by atoms with Crippen LogP contribution < -0.4 is 10.2 Å². The summed E-state index contributed by atoms with van der Waals surface area (Å²) in [4.78, 5) is 22.2. The maximum Gasteiger partial charge on any atom is 0.265 e. The number of carbonyl (C=O) groups is 1. The molecule has 0 spiro atoms. The van der Waals surface area contributed by atoms with Crippen LogP contribution in [0.25, 0.3) is 0 Å². The Morgan fingerprint density at radius 3 is 2.50 bits per heavy atom. The van der Waals surface area contributed by atoms with Gasteiger partial charge in [-0.25, -0.2) is 4.98 Å². The summed E-state index contributed by atoms with van der Waals surface area (Å²) in [5, 5.41) is 4.79. The van der Waals surface area contributed by atoms with Crippen LogP contribution in [0.3, 0.4) is 0 Å². The summed E-state index contributed by atoms with van der Waals surface area (Å²) in [6, 6.07) is 16.4. The van der Waals surface area contributed by atoms with Crippen LogP contribution in [0.15, 0.2) is 60.1 Å². The summed E-state index contributed by atoms with van der Waals surface area (Å²) in [7, 11) is 0. The number of aromatic nitrogens is 1. The highest BCUT2D eigenvalue weighted by Crippen LogP contribution is 2.18. The largest absolute Gasteiger partial charge is 0.354 e. The third kappa shape index (κ3) is 4.58. The van der Waals surface area contributed by atoms with Gasteiger partial charge in [-0.1, -0.05) is 35.9 Å². The van der Waals surface area contributed by atoms with Crippen LogP contribution in [0.4, 0.5) is 11.5 Å². The molecule has 3 heterocycles. The molecule has 0 atom stereocenters. The molecule has 6 heteroatoms. The molecule has 0 saturated carbocycles. The molecule has 5 nitrogen and oxygen atoms in total. The molecule has 1 aliphatic heterocycles. The van der Waals surface area contributed by atoms with Gasteiger partial charge in [0.05, 0.1) is 16.8 Å². The summed E-state index contributed by atoms with van der Waals surface area (Å²) < 4.78 is 0. The summed E-state index contributed by atoms with van der Waals surface area (Å²) >= 11 is 1.43. The zero-order valence-electron chi connectivity index (χ0n) is 16.0. The van der Waals surface area contributed by atoms with Crippen molar-refractivity contribution in [1.29, 1.82) is 0 Å². The average Bonchev–Trinajstić information content (AvgIpc) is 3.26. The molecule has 1 amide bonds. The number of pyridine rings is 1. The quantitative estimate of drug-likeness (QED) is 0.712. The van der Waals surface area contributed by atoms with Crippen molar-refractivity contribution in [2.45, 2.75) is 13.5 Å². The van der Waals surface area contributed by atoms with Gasteiger partial charge in [-0.2, -0.15) is 0 Å². The number of piperazine rings is 1. The molecular weight excluding hydrogens is 368 g/mol. The molecule has 4 rings (SSSR count). The lowest BCUT2D eigenvalue weighted by molar-refractivity contribution is 0.103. The first-order valence-electron chi connectivity index (χ1n) is 9.51. The van der Waals surface area contributed by atoms with E-state index in [0.717, 1.165) is 44.2 Å². The van der Waals surface area contributed by atoms with E-state index in [9.17, 15) is 4.79 Å². The second-order valence-electron chi connectivity index (χ2n) is 7.09. The van der Waals surface area contributed by atoms with Gasteiger partial charge in [-0.3, -0.25) is 9.69 Å². The molecule has 1 saturated heterocycles. The SMILES string of the molecule is Cc1ccc(CN2CCN(c3ccc(NC(=O)c4cccs4)cn3)CC2)cc1. The first-order chi connectivity index (χ1) is 13.7. The second kappa shape index (κ2) is 8.54. The summed E-state index contributed by atoms with van der Waals surface area (Å²) in [6.07, 6.45) is 1.74. The molecule has 0 unspecified atom stereocenters. The predicted octanol–water partition coefficient (Wildman–Crippen LogP) is 4.03. The number of carbonyl (C=O) groups excluding carboxylic acids is 1. The zero-order chi connectivity index (χ0) is 19.3. The number of anilines is 2. The standard InChI is InChI=1S/C22H24N4OS/c1-17-4-6-18(7-5-17)16-25-10-12-26(13-11-25)21-9-8-19(15-23-21)24-22(27)20-3-2-14-28-20/h2-9,14-15H,10-13,16H2,1H3,(H,24,27). The van der Waals surface area contributed by atoms with Gasteiger partial charge < -0.3 is 10.2 Å². The molecule has 1 aliphatic rings. The molecule has 0 aliphatic carbocycles. The van der Waals surface area contributed by atoms with Gasteiger partial charge in [0.2, 0.25) is 0 Å². The first kappa shape index (κ1) is 18.7. The van der Waals surface area contributed by atoms with E-state index in [1.54, 1.807) is 6.20 Å². The second-order valence-corrected chi connectivity index (χ2v) is 8.03. The molecule has 1 aromatic carbocycles. The molecule has 1 fully saturated rings. The maximum absolute atomic E-state index is 12.1. The smallest absolute Gasteiger partial charge is 0.265 e. The van der Waals surface area contributed by atoms with E-state index in [1.807, 2.05) is 29.6 Å². The van der Waals surface area contributed by atoms with E-state index in [4.69, 9.17) is 0 Å². The number of hydrogen-bond donors (Lipinski definition) is 1. The monoisotopic (exact) mass is 392 g/mol.